The summed E-state index contributed by atoms with van der Waals surface area (Å²) < 4.78 is 0. The molecule has 94 valence electrons. The van der Waals surface area contributed by atoms with E-state index in [9.17, 15) is 9.59 Å². The van der Waals surface area contributed by atoms with Crippen LogP contribution in [0, 0.1) is 11.3 Å². The summed E-state index contributed by atoms with van der Waals surface area (Å²) in [5.74, 6) is 0.0323. The van der Waals surface area contributed by atoms with Crippen LogP contribution in [0.25, 0.3) is 0 Å². The van der Waals surface area contributed by atoms with E-state index in [1.165, 1.54) is 0 Å². The van der Waals surface area contributed by atoms with Gasteiger partial charge in [-0.2, -0.15) is 0 Å². The van der Waals surface area contributed by atoms with Crippen LogP contribution in [0.15, 0.2) is 0 Å². The zero-order valence-corrected chi connectivity index (χ0v) is 10.8. The van der Waals surface area contributed by atoms with Crippen LogP contribution in [-0.2, 0) is 4.79 Å². The first-order chi connectivity index (χ1) is 7.14. The summed E-state index contributed by atoms with van der Waals surface area (Å²) in [6.07, 6.45) is 0. The van der Waals surface area contributed by atoms with Crippen molar-refractivity contribution in [3.05, 3.63) is 0 Å². The molecule has 0 saturated carbocycles. The Morgan fingerprint density at radius 2 is 1.75 bits per heavy atom. The molecule has 5 nitrogen and oxygen atoms in total. The van der Waals surface area contributed by atoms with Crippen LogP contribution < -0.4 is 16.4 Å². The number of nitrogens with one attached hydrogen (secondary N) is 2. The van der Waals surface area contributed by atoms with Gasteiger partial charge in [0, 0.05) is 0 Å². The van der Waals surface area contributed by atoms with Gasteiger partial charge >= 0.3 is 6.03 Å². The van der Waals surface area contributed by atoms with E-state index in [1.807, 2.05) is 5.32 Å². The van der Waals surface area contributed by atoms with Crippen molar-refractivity contribution in [2.24, 2.45) is 17.1 Å². The van der Waals surface area contributed by atoms with E-state index >= 15 is 0 Å². The summed E-state index contributed by atoms with van der Waals surface area (Å²) in [4.78, 5) is 21.8. The fourth-order valence-electron chi connectivity index (χ4n) is 0.982. The number of primary amides is 1. The average Bonchev–Trinajstić information content (AvgIpc) is 2.10. The third-order valence-electron chi connectivity index (χ3n) is 2.85. The summed E-state index contributed by atoms with van der Waals surface area (Å²) in [5, 5.41) is 5.12. The monoisotopic (exact) mass is 229 g/mol. The van der Waals surface area contributed by atoms with Crippen LogP contribution in [0.2, 0.25) is 0 Å². The molecular formula is C11H23N3O2. The van der Waals surface area contributed by atoms with E-state index in [2.05, 4.69) is 33.0 Å². The van der Waals surface area contributed by atoms with Gasteiger partial charge in [0.1, 0.15) is 0 Å². The average molecular weight is 229 g/mol. The Labute approximate surface area is 97.2 Å². The molecule has 3 amide bonds. The van der Waals surface area contributed by atoms with E-state index in [0.29, 0.717) is 5.92 Å². The summed E-state index contributed by atoms with van der Waals surface area (Å²) in [6.45, 7) is 11.0. The summed E-state index contributed by atoms with van der Waals surface area (Å²) in [5.41, 5.74) is 5.05. The molecule has 0 aliphatic heterocycles. The minimum Gasteiger partial charge on any atom is -0.351 e. The molecule has 0 aromatic rings. The second-order valence-corrected chi connectivity index (χ2v) is 5.25. The number of hydrogen-bond acceptors (Lipinski definition) is 3. The van der Waals surface area contributed by atoms with Gasteiger partial charge in [-0.3, -0.25) is 10.1 Å². The van der Waals surface area contributed by atoms with Crippen LogP contribution in [0.5, 0.6) is 0 Å². The van der Waals surface area contributed by atoms with E-state index in [-0.39, 0.29) is 5.41 Å². The number of carbonyl (C=O) groups is 2. The molecule has 5 heteroatoms. The molecule has 0 aromatic carbocycles. The fraction of sp³-hybridized carbons (Fsp3) is 0.818. The quantitative estimate of drug-likeness (QED) is 0.668. The Balaban J connectivity index is 4.03. The van der Waals surface area contributed by atoms with E-state index in [0.717, 1.165) is 6.54 Å². The second kappa shape index (κ2) is 5.84. The van der Waals surface area contributed by atoms with Gasteiger partial charge in [0.2, 0.25) is 5.91 Å². The van der Waals surface area contributed by atoms with Gasteiger partial charge in [-0.1, -0.05) is 27.7 Å². The van der Waals surface area contributed by atoms with Gasteiger partial charge in [0.15, 0.2) is 0 Å². The topological polar surface area (TPSA) is 84.2 Å². The van der Waals surface area contributed by atoms with Crippen LogP contribution in [0.4, 0.5) is 4.79 Å². The van der Waals surface area contributed by atoms with Crippen molar-refractivity contribution in [2.75, 3.05) is 6.54 Å². The maximum absolute atomic E-state index is 11.3. The lowest BCUT2D eigenvalue weighted by molar-refractivity contribution is -0.121. The Morgan fingerprint density at radius 3 is 2.12 bits per heavy atom. The summed E-state index contributed by atoms with van der Waals surface area (Å²) in [7, 11) is 0. The van der Waals surface area contributed by atoms with Gasteiger partial charge in [0.05, 0.1) is 6.04 Å². The van der Waals surface area contributed by atoms with Crippen LogP contribution in [0.3, 0.4) is 0 Å². The number of carbonyl (C=O) groups excluding carboxylic acids is 2. The molecule has 2 atom stereocenters. The van der Waals surface area contributed by atoms with Crippen LogP contribution in [0.1, 0.15) is 34.6 Å². The van der Waals surface area contributed by atoms with E-state index in [1.54, 1.807) is 6.92 Å². The van der Waals surface area contributed by atoms with E-state index in [4.69, 9.17) is 5.73 Å². The van der Waals surface area contributed by atoms with Crippen molar-refractivity contribution < 1.29 is 9.59 Å². The Bertz CT molecular complexity index is 258. The van der Waals surface area contributed by atoms with Crippen molar-refractivity contribution in [1.82, 2.24) is 10.6 Å². The highest BCUT2D eigenvalue weighted by Gasteiger charge is 2.21. The summed E-state index contributed by atoms with van der Waals surface area (Å²) >= 11 is 0. The highest BCUT2D eigenvalue weighted by atomic mass is 16.2. The zero-order valence-electron chi connectivity index (χ0n) is 10.8. The summed E-state index contributed by atoms with van der Waals surface area (Å²) in [6, 6.07) is -1.24. The van der Waals surface area contributed by atoms with Crippen molar-refractivity contribution in [3.63, 3.8) is 0 Å². The van der Waals surface area contributed by atoms with Gasteiger partial charge in [-0.25, -0.2) is 4.79 Å². The SMILES string of the molecule is CC(NCC(C)C(C)(C)C)C(=O)NC(N)=O. The largest absolute Gasteiger partial charge is 0.351 e. The van der Waals surface area contributed by atoms with Crippen LogP contribution in [-0.4, -0.2) is 24.5 Å². The first-order valence-electron chi connectivity index (χ1n) is 5.48. The normalized spacial score (nSPS) is 15.3. The standard InChI is InChI=1S/C11H23N3O2/c1-7(11(3,4)5)6-13-8(2)9(15)14-10(12)16/h7-8,13H,6H2,1-5H3,(H3,12,14,15,16). The van der Waals surface area contributed by atoms with Crippen LogP contribution >= 0.6 is 0 Å². The zero-order chi connectivity index (χ0) is 12.9. The molecule has 2 unspecified atom stereocenters. The lowest BCUT2D eigenvalue weighted by Crippen LogP contribution is -2.48. The van der Waals surface area contributed by atoms with Gasteiger partial charge in [-0.15, -0.1) is 0 Å². The van der Waals surface area contributed by atoms with Crippen molar-refractivity contribution >= 4 is 11.9 Å². The molecule has 0 heterocycles. The number of rotatable bonds is 4. The highest BCUT2D eigenvalue weighted by Crippen LogP contribution is 2.24. The van der Waals surface area contributed by atoms with Crippen molar-refractivity contribution in [1.29, 1.82) is 0 Å². The number of nitrogens with two attached hydrogens (primary N) is 1. The number of amides is 3. The lowest BCUT2D eigenvalue weighted by atomic mass is 9.82. The molecule has 0 radical (unpaired) electrons. The molecule has 0 fully saturated rings. The molecule has 4 N–H and O–H groups in total. The number of hydrogen-bond donors (Lipinski definition) is 3. The predicted octanol–water partition coefficient (Wildman–Crippen LogP) is 0.842. The maximum Gasteiger partial charge on any atom is 0.318 e. The number of imide groups is 1. The maximum atomic E-state index is 11.3. The lowest BCUT2D eigenvalue weighted by Gasteiger charge is -2.28. The van der Waals surface area contributed by atoms with E-state index < -0.39 is 18.0 Å². The molecule has 0 rings (SSSR count). The third-order valence-corrected chi connectivity index (χ3v) is 2.85. The Hall–Kier alpha value is -1.10. The number of urea groups is 1. The van der Waals surface area contributed by atoms with Gasteiger partial charge in [0.25, 0.3) is 0 Å². The Morgan fingerprint density at radius 1 is 1.25 bits per heavy atom. The molecule has 0 aliphatic carbocycles. The first-order valence-corrected chi connectivity index (χ1v) is 5.48. The predicted molar refractivity (Wildman–Crippen MR) is 63.8 cm³/mol. The molecule has 16 heavy (non-hydrogen) atoms. The first kappa shape index (κ1) is 14.9. The van der Waals surface area contributed by atoms with Crippen molar-refractivity contribution in [2.45, 2.75) is 40.7 Å². The molecule has 0 bridgehead atoms. The molecule has 0 aliphatic rings. The molecule has 0 spiro atoms. The second-order valence-electron chi connectivity index (χ2n) is 5.25. The molecule has 0 saturated heterocycles. The Kier molecular flexibility index (Phi) is 5.44. The third kappa shape index (κ3) is 5.70. The minimum absolute atomic E-state index is 0.187. The van der Waals surface area contributed by atoms with Gasteiger partial charge < -0.3 is 11.1 Å². The van der Waals surface area contributed by atoms with Crippen molar-refractivity contribution in [3.8, 4) is 0 Å². The minimum atomic E-state index is -0.817. The molecule has 0 aromatic heterocycles. The van der Waals surface area contributed by atoms with Gasteiger partial charge in [-0.05, 0) is 24.8 Å². The smallest absolute Gasteiger partial charge is 0.318 e. The molecular weight excluding hydrogens is 206 g/mol. The highest BCUT2D eigenvalue weighted by molar-refractivity contribution is 5.96. The fourth-order valence-corrected chi connectivity index (χ4v) is 0.982.